The van der Waals surface area contributed by atoms with Crippen LogP contribution in [-0.2, 0) is 16.3 Å². The number of carbonyl (C=O) groups excluding carboxylic acids is 1. The molecule has 0 bridgehead atoms. The Morgan fingerprint density at radius 2 is 1.95 bits per heavy atom. The van der Waals surface area contributed by atoms with Crippen molar-refractivity contribution in [3.63, 3.8) is 0 Å². The van der Waals surface area contributed by atoms with Gasteiger partial charge in [0.2, 0.25) is 0 Å². The van der Waals surface area contributed by atoms with E-state index in [2.05, 4.69) is 41.2 Å². The van der Waals surface area contributed by atoms with E-state index in [-0.39, 0.29) is 17.6 Å². The molecule has 40 heavy (non-hydrogen) atoms. The zero-order valence-electron chi connectivity index (χ0n) is 23.2. The summed E-state index contributed by atoms with van der Waals surface area (Å²) in [6.07, 6.45) is 6.63. The number of aryl methyl sites for hydroxylation is 1. The van der Waals surface area contributed by atoms with Gasteiger partial charge in [-0.25, -0.2) is 9.97 Å². The summed E-state index contributed by atoms with van der Waals surface area (Å²) in [5.74, 6) is 2.17. The highest BCUT2D eigenvalue weighted by atomic mass is 35.5. The maximum Gasteiger partial charge on any atom is 0.157 e. The second kappa shape index (κ2) is 10.1. The van der Waals surface area contributed by atoms with Gasteiger partial charge < -0.3 is 14.0 Å². The number of hydrogen-bond donors (Lipinski definition) is 0. The van der Waals surface area contributed by atoms with Crippen molar-refractivity contribution in [2.45, 2.75) is 64.8 Å². The van der Waals surface area contributed by atoms with Gasteiger partial charge in [-0.15, -0.1) is 0 Å². The van der Waals surface area contributed by atoms with Gasteiger partial charge in [-0.3, -0.25) is 14.5 Å². The average molecular weight is 575 g/mol. The molecule has 5 aromatic rings. The molecule has 0 radical (unpaired) electrons. The van der Waals surface area contributed by atoms with Crippen molar-refractivity contribution in [3.05, 3.63) is 59.8 Å². The highest BCUT2D eigenvalue weighted by Crippen LogP contribution is 2.36. The highest BCUT2D eigenvalue weighted by Gasteiger charge is 2.30. The third kappa shape index (κ3) is 4.91. The summed E-state index contributed by atoms with van der Waals surface area (Å²) in [6, 6.07) is 9.24. The van der Waals surface area contributed by atoms with E-state index in [0.29, 0.717) is 46.4 Å². The van der Waals surface area contributed by atoms with Gasteiger partial charge in [0.15, 0.2) is 5.78 Å². The minimum absolute atomic E-state index is 0.181. The van der Waals surface area contributed by atoms with Crippen LogP contribution in [0.1, 0.15) is 31.6 Å². The number of ether oxygens (including phenoxy) is 2. The summed E-state index contributed by atoms with van der Waals surface area (Å²) >= 11 is 6.79. The van der Waals surface area contributed by atoms with Gasteiger partial charge in [-0.2, -0.15) is 5.10 Å². The maximum absolute atomic E-state index is 11.8. The first kappa shape index (κ1) is 26.6. The van der Waals surface area contributed by atoms with E-state index in [1.807, 2.05) is 37.4 Å². The molecule has 0 saturated heterocycles. The van der Waals surface area contributed by atoms with E-state index in [9.17, 15) is 4.79 Å². The molecule has 0 N–H and O–H groups in total. The van der Waals surface area contributed by atoms with Crippen LogP contribution >= 0.6 is 11.6 Å². The van der Waals surface area contributed by atoms with Crippen LogP contribution in [0.2, 0.25) is 24.7 Å². The number of hydrogen-bond acceptors (Lipinski definition) is 7. The Morgan fingerprint density at radius 1 is 1.12 bits per heavy atom. The van der Waals surface area contributed by atoms with Gasteiger partial charge in [0.1, 0.15) is 40.6 Å². The molecule has 11 heteroatoms. The summed E-state index contributed by atoms with van der Waals surface area (Å²) in [7, 11) is -1.40. The summed E-state index contributed by atoms with van der Waals surface area (Å²) < 4.78 is 16.2. The van der Waals surface area contributed by atoms with Crippen LogP contribution in [0.5, 0.6) is 11.5 Å². The molecule has 0 aliphatic heterocycles. The number of imidazole rings is 1. The minimum atomic E-state index is -1.40. The largest absolute Gasteiger partial charge is 0.456 e. The molecule has 1 aliphatic carbocycles. The Labute approximate surface area is 238 Å². The standard InChI is InChI=1S/C29H31ClN6O3Si/c1-17-33-22-12-20(6-8-24(22)35(17)16-38-18(2)40(3,4)5)39-27-11-7-21-29(28(27)30)34-23(14-31-21)19-13-32-36(15-19)25-9-10-26(25)37/h6-8,11-15,18,25H,9-10,16H2,1-5H3. The van der Waals surface area contributed by atoms with Crippen molar-refractivity contribution < 1.29 is 14.3 Å². The van der Waals surface area contributed by atoms with E-state index in [4.69, 9.17) is 31.0 Å². The molecule has 1 aliphatic rings. The molecule has 206 valence electrons. The van der Waals surface area contributed by atoms with Crippen LogP contribution < -0.4 is 4.74 Å². The fourth-order valence-corrected chi connectivity index (χ4v) is 5.39. The molecule has 6 rings (SSSR count). The second-order valence-corrected chi connectivity index (χ2v) is 17.3. The molecular formula is C29H31ClN6O3Si. The predicted octanol–water partition coefficient (Wildman–Crippen LogP) is 6.74. The summed E-state index contributed by atoms with van der Waals surface area (Å²) in [4.78, 5) is 25.9. The number of nitrogens with zero attached hydrogens (tertiary/aromatic N) is 6. The lowest BCUT2D eigenvalue weighted by atomic mass is 9.91. The average Bonchev–Trinajstić information content (AvgIpc) is 3.51. The molecule has 0 spiro atoms. The monoisotopic (exact) mass is 574 g/mol. The van der Waals surface area contributed by atoms with E-state index in [1.165, 1.54) is 0 Å². The SMILES string of the molecule is Cc1nc2cc(Oc3ccc4ncc(-c5cnn(C6CCC6=O)c5)nc4c3Cl)ccc2n1COC(C)[Si](C)(C)C. The number of fused-ring (bicyclic) bond motifs is 2. The number of rotatable bonds is 8. The van der Waals surface area contributed by atoms with E-state index >= 15 is 0 Å². The number of benzene rings is 2. The highest BCUT2D eigenvalue weighted by molar-refractivity contribution is 6.77. The van der Waals surface area contributed by atoms with Crippen molar-refractivity contribution >= 4 is 47.5 Å². The zero-order chi connectivity index (χ0) is 28.2. The van der Waals surface area contributed by atoms with Crippen LogP contribution in [-0.4, -0.2) is 48.9 Å². The van der Waals surface area contributed by atoms with Crippen molar-refractivity contribution in [2.75, 3.05) is 0 Å². The van der Waals surface area contributed by atoms with Gasteiger partial charge in [0.05, 0.1) is 42.7 Å². The lowest BCUT2D eigenvalue weighted by Crippen LogP contribution is -2.38. The van der Waals surface area contributed by atoms with E-state index in [0.717, 1.165) is 28.8 Å². The lowest BCUT2D eigenvalue weighted by Gasteiger charge is -2.25. The predicted molar refractivity (Wildman–Crippen MR) is 157 cm³/mol. The molecule has 1 fully saturated rings. The van der Waals surface area contributed by atoms with Crippen molar-refractivity contribution in [1.82, 2.24) is 29.3 Å². The minimum Gasteiger partial charge on any atom is -0.456 e. The number of carbonyl (C=O) groups is 1. The maximum atomic E-state index is 11.8. The molecule has 1 saturated carbocycles. The first-order valence-corrected chi connectivity index (χ1v) is 17.3. The number of ketones is 1. The molecule has 2 atom stereocenters. The van der Waals surface area contributed by atoms with Gasteiger partial charge in [0.25, 0.3) is 0 Å². The molecule has 2 aromatic carbocycles. The Kier molecular flexibility index (Phi) is 6.72. The Balaban J connectivity index is 1.25. The first-order chi connectivity index (χ1) is 19.1. The fourth-order valence-electron chi connectivity index (χ4n) is 4.58. The van der Waals surface area contributed by atoms with Gasteiger partial charge in [-0.1, -0.05) is 31.2 Å². The number of Topliss-reactive ketones (excluding diaryl/α,β-unsaturated/α-hetero) is 1. The molecule has 9 nitrogen and oxygen atoms in total. The van der Waals surface area contributed by atoms with Gasteiger partial charge in [-0.05, 0) is 44.5 Å². The molecule has 0 amide bonds. The lowest BCUT2D eigenvalue weighted by molar-refractivity contribution is -0.128. The normalized spacial score (nSPS) is 16.4. The van der Waals surface area contributed by atoms with E-state index < -0.39 is 8.07 Å². The van der Waals surface area contributed by atoms with Crippen LogP contribution in [0.3, 0.4) is 0 Å². The topological polar surface area (TPSA) is 97.0 Å². The second-order valence-electron chi connectivity index (χ2n) is 11.4. The molecule has 3 aromatic heterocycles. The Bertz CT molecular complexity index is 1760. The van der Waals surface area contributed by atoms with E-state index in [1.54, 1.807) is 23.1 Å². The third-order valence-corrected chi connectivity index (χ3v) is 10.7. The van der Waals surface area contributed by atoms with Crippen LogP contribution in [0.4, 0.5) is 0 Å². The van der Waals surface area contributed by atoms with Crippen molar-refractivity contribution in [1.29, 1.82) is 0 Å². The molecule has 3 heterocycles. The first-order valence-electron chi connectivity index (χ1n) is 13.4. The summed E-state index contributed by atoms with van der Waals surface area (Å²) in [5, 5.41) is 4.73. The van der Waals surface area contributed by atoms with Gasteiger partial charge in [0, 0.05) is 30.0 Å². The van der Waals surface area contributed by atoms with Gasteiger partial charge >= 0.3 is 0 Å². The summed E-state index contributed by atoms with van der Waals surface area (Å²) in [6.45, 7) is 11.5. The molecule has 2 unspecified atom stereocenters. The molecular weight excluding hydrogens is 544 g/mol. The zero-order valence-corrected chi connectivity index (χ0v) is 24.9. The Morgan fingerprint density at radius 3 is 2.67 bits per heavy atom. The van der Waals surface area contributed by atoms with Crippen molar-refractivity contribution in [2.24, 2.45) is 0 Å². The van der Waals surface area contributed by atoms with Crippen LogP contribution in [0.25, 0.3) is 33.3 Å². The Hall–Kier alpha value is -3.60. The third-order valence-electron chi connectivity index (χ3n) is 7.68. The van der Waals surface area contributed by atoms with Crippen LogP contribution in [0.15, 0.2) is 48.9 Å². The quantitative estimate of drug-likeness (QED) is 0.189. The smallest absolute Gasteiger partial charge is 0.157 e. The fraction of sp³-hybridized carbons (Fsp3) is 0.345. The van der Waals surface area contributed by atoms with Crippen molar-refractivity contribution in [3.8, 4) is 22.8 Å². The summed E-state index contributed by atoms with van der Waals surface area (Å²) in [5.41, 5.74) is 4.61. The number of halogens is 1. The number of aromatic nitrogens is 6. The van der Waals surface area contributed by atoms with Crippen LogP contribution in [0, 0.1) is 6.92 Å².